The second-order valence-electron chi connectivity index (χ2n) is 16.6. The molecule has 0 amide bonds. The van der Waals surface area contributed by atoms with Gasteiger partial charge >= 0.3 is 0 Å². The Morgan fingerprint density at radius 1 is 0.434 bits per heavy atom. The average Bonchev–Trinajstić information content (AvgIpc) is 3.68. The van der Waals surface area contributed by atoms with Crippen LogP contribution < -0.4 is 0 Å². The quantitative estimate of drug-likeness (QED) is 0.177. The van der Waals surface area contributed by atoms with Crippen LogP contribution in [0.5, 0.6) is 0 Å². The van der Waals surface area contributed by atoms with Crippen molar-refractivity contribution in [1.82, 2.24) is 4.57 Å². The van der Waals surface area contributed by atoms with E-state index in [0.29, 0.717) is 0 Å². The molecule has 0 radical (unpaired) electrons. The summed E-state index contributed by atoms with van der Waals surface area (Å²) in [7, 11) is 0. The summed E-state index contributed by atoms with van der Waals surface area (Å²) in [5.74, 6) is 0. The van der Waals surface area contributed by atoms with Gasteiger partial charge in [0.05, 0.1) is 32.2 Å². The molecular formula is C48H45N3S2. The summed E-state index contributed by atoms with van der Waals surface area (Å²) < 4.78 is 2.56. The first kappa shape index (κ1) is 34.2. The molecular weight excluding hydrogens is 683 g/mol. The van der Waals surface area contributed by atoms with Gasteiger partial charge in [-0.2, -0.15) is 0 Å². The van der Waals surface area contributed by atoms with E-state index in [4.69, 9.17) is 9.98 Å². The molecule has 6 aromatic carbocycles. The molecule has 0 unspecified atom stereocenters. The number of thioether (sulfide) groups is 2. The molecule has 0 saturated carbocycles. The third-order valence-electron chi connectivity index (χ3n) is 12.1. The zero-order valence-corrected chi connectivity index (χ0v) is 33.4. The molecule has 0 bridgehead atoms. The van der Waals surface area contributed by atoms with Crippen molar-refractivity contribution in [3.8, 4) is 27.9 Å². The van der Waals surface area contributed by atoms with Crippen molar-refractivity contribution in [3.05, 3.63) is 139 Å². The normalized spacial score (nSPS) is 18.5. The van der Waals surface area contributed by atoms with E-state index in [2.05, 4.69) is 187 Å². The Morgan fingerprint density at radius 2 is 0.925 bits per heavy atom. The molecule has 1 aromatic heterocycles. The van der Waals surface area contributed by atoms with Crippen molar-refractivity contribution in [1.29, 1.82) is 0 Å². The Kier molecular flexibility index (Phi) is 7.72. The smallest absolute Gasteiger partial charge is 0.0990 e. The van der Waals surface area contributed by atoms with E-state index in [1.807, 2.05) is 23.5 Å². The van der Waals surface area contributed by atoms with Gasteiger partial charge < -0.3 is 4.57 Å². The highest BCUT2D eigenvalue weighted by atomic mass is 32.2. The lowest BCUT2D eigenvalue weighted by Gasteiger charge is -2.30. The van der Waals surface area contributed by atoms with Crippen LogP contribution in [-0.4, -0.2) is 35.2 Å². The molecule has 9 rings (SSSR count). The minimum absolute atomic E-state index is 0.0508. The highest BCUT2D eigenvalue weighted by Gasteiger charge is 2.45. The van der Waals surface area contributed by atoms with Crippen LogP contribution in [0.15, 0.2) is 137 Å². The molecule has 3 heterocycles. The maximum atomic E-state index is 5.14. The first-order valence-corrected chi connectivity index (χ1v) is 20.2. The van der Waals surface area contributed by atoms with Gasteiger partial charge in [0.25, 0.3) is 0 Å². The minimum atomic E-state index is -0.111. The van der Waals surface area contributed by atoms with E-state index >= 15 is 0 Å². The molecule has 2 aliphatic heterocycles. The highest BCUT2D eigenvalue weighted by molar-refractivity contribution is 8.16. The molecule has 0 atom stereocenters. The topological polar surface area (TPSA) is 29.6 Å². The van der Waals surface area contributed by atoms with Crippen molar-refractivity contribution in [2.45, 2.75) is 76.0 Å². The van der Waals surface area contributed by atoms with Gasteiger partial charge in [-0.15, -0.1) is 0 Å². The lowest BCUT2D eigenvalue weighted by molar-refractivity contribution is 0.426. The number of aliphatic imine (C=N–C) groups is 2. The number of hydrogen-bond acceptors (Lipinski definition) is 4. The van der Waals surface area contributed by atoms with Crippen molar-refractivity contribution < 1.29 is 0 Å². The number of fused-ring (bicyclic) bond motifs is 5. The minimum Gasteiger partial charge on any atom is -0.309 e. The molecule has 0 aliphatic carbocycles. The third-order valence-corrected chi connectivity index (χ3v) is 15.2. The summed E-state index contributed by atoms with van der Waals surface area (Å²) in [5, 5.41) is 7.31. The summed E-state index contributed by atoms with van der Waals surface area (Å²) in [4.78, 5) is 10.3. The molecule has 0 fully saturated rings. The van der Waals surface area contributed by atoms with Gasteiger partial charge in [-0.1, -0.05) is 127 Å². The Labute approximate surface area is 321 Å². The molecule has 2 aliphatic rings. The summed E-state index contributed by atoms with van der Waals surface area (Å²) in [6, 6.07) is 47.1. The van der Waals surface area contributed by atoms with Gasteiger partial charge in [-0.3, -0.25) is 9.98 Å². The SMILES string of the molecule is CC1(C)N=C(c2ccc(-c3ccc4c5c6ccccc6c(-c6ccc(C7=NC(C)(C)C(C)(C)S7)cc6)cc5n(-c5ccccc5)c4c3)cc2)SC1(C)C. The second kappa shape index (κ2) is 12.0. The van der Waals surface area contributed by atoms with Gasteiger partial charge in [0.1, 0.15) is 0 Å². The number of benzene rings is 6. The first-order valence-electron chi connectivity index (χ1n) is 18.6. The van der Waals surface area contributed by atoms with Crippen LogP contribution in [0.1, 0.15) is 66.5 Å². The maximum Gasteiger partial charge on any atom is 0.0990 e. The number of nitrogens with zero attached hydrogens (tertiary/aromatic N) is 3. The first-order chi connectivity index (χ1) is 25.2. The maximum absolute atomic E-state index is 5.14. The van der Waals surface area contributed by atoms with E-state index in [9.17, 15) is 0 Å². The van der Waals surface area contributed by atoms with E-state index in [-0.39, 0.29) is 20.6 Å². The van der Waals surface area contributed by atoms with Gasteiger partial charge in [0, 0.05) is 37.1 Å². The lowest BCUT2D eigenvalue weighted by atomic mass is 9.90. The van der Waals surface area contributed by atoms with E-state index in [1.54, 1.807) is 0 Å². The molecule has 5 heteroatoms. The van der Waals surface area contributed by atoms with Crippen LogP contribution in [0.25, 0.3) is 60.5 Å². The lowest BCUT2D eigenvalue weighted by Crippen LogP contribution is -2.36. The Hall–Kier alpha value is -4.58. The summed E-state index contributed by atoms with van der Waals surface area (Å²) >= 11 is 3.76. The number of hydrogen-bond donors (Lipinski definition) is 0. The summed E-state index contributed by atoms with van der Waals surface area (Å²) in [6.07, 6.45) is 0. The standard InChI is InChI=1S/C48H45N3S2/c1-45(2)47(5,6)52-43(49-45)32-22-18-30(19-23-32)34-26-27-38-40(28-34)51(35-14-10-9-11-15-35)41-29-39(36-16-12-13-17-37(36)42(38)41)31-20-24-33(25-21-31)44-50-46(3,4)48(7,8)53-44/h9-29H,1-8H3. The largest absolute Gasteiger partial charge is 0.309 e. The zero-order chi connectivity index (χ0) is 36.9. The van der Waals surface area contributed by atoms with Gasteiger partial charge in [0.2, 0.25) is 0 Å². The Morgan fingerprint density at radius 3 is 1.47 bits per heavy atom. The molecule has 53 heavy (non-hydrogen) atoms. The monoisotopic (exact) mass is 727 g/mol. The Balaban J connectivity index is 1.19. The molecule has 264 valence electrons. The predicted molar refractivity (Wildman–Crippen MR) is 234 cm³/mol. The zero-order valence-electron chi connectivity index (χ0n) is 31.8. The number of aromatic nitrogens is 1. The fourth-order valence-corrected chi connectivity index (χ4v) is 10.2. The van der Waals surface area contributed by atoms with Crippen LogP contribution in [0.3, 0.4) is 0 Å². The average molecular weight is 728 g/mol. The highest BCUT2D eigenvalue weighted by Crippen LogP contribution is 2.48. The van der Waals surface area contributed by atoms with Crippen LogP contribution in [-0.2, 0) is 0 Å². The summed E-state index contributed by atoms with van der Waals surface area (Å²) in [6.45, 7) is 18.1. The number of para-hydroxylation sites is 1. The summed E-state index contributed by atoms with van der Waals surface area (Å²) in [5.41, 5.74) is 10.6. The van der Waals surface area contributed by atoms with Crippen molar-refractivity contribution in [2.75, 3.05) is 0 Å². The molecule has 0 spiro atoms. The fraction of sp³-hybridized carbons (Fsp3) is 0.250. The van der Waals surface area contributed by atoms with Crippen molar-refractivity contribution >= 4 is 66.2 Å². The van der Waals surface area contributed by atoms with E-state index in [0.717, 1.165) is 15.8 Å². The van der Waals surface area contributed by atoms with Gasteiger partial charge in [-0.25, -0.2) is 0 Å². The van der Waals surface area contributed by atoms with Crippen LogP contribution in [0.2, 0.25) is 0 Å². The predicted octanol–water partition coefficient (Wildman–Crippen LogP) is 13.4. The molecule has 0 N–H and O–H groups in total. The van der Waals surface area contributed by atoms with Crippen molar-refractivity contribution in [2.24, 2.45) is 9.98 Å². The van der Waals surface area contributed by atoms with E-state index in [1.165, 1.54) is 66.0 Å². The second-order valence-corrected chi connectivity index (χ2v) is 19.8. The molecule has 0 saturated heterocycles. The Bertz CT molecular complexity index is 2640. The van der Waals surface area contributed by atoms with Gasteiger partial charge in [-0.05, 0) is 113 Å². The van der Waals surface area contributed by atoms with E-state index < -0.39 is 0 Å². The molecule has 3 nitrogen and oxygen atoms in total. The van der Waals surface area contributed by atoms with Crippen LogP contribution >= 0.6 is 23.5 Å². The van der Waals surface area contributed by atoms with Crippen LogP contribution in [0, 0.1) is 0 Å². The fourth-order valence-electron chi connectivity index (χ4n) is 7.55. The third kappa shape index (κ3) is 5.50. The van der Waals surface area contributed by atoms with Gasteiger partial charge in [0.15, 0.2) is 0 Å². The number of rotatable bonds is 5. The van der Waals surface area contributed by atoms with Crippen LogP contribution in [0.4, 0.5) is 0 Å². The van der Waals surface area contributed by atoms with Crippen molar-refractivity contribution in [3.63, 3.8) is 0 Å². The molecule has 7 aromatic rings.